The number of benzene rings is 2. The average molecular weight is 573 g/mol. The zero-order chi connectivity index (χ0) is 28.3. The van der Waals surface area contributed by atoms with Gasteiger partial charge in [0.2, 0.25) is 10.0 Å². The van der Waals surface area contributed by atoms with Crippen molar-refractivity contribution >= 4 is 27.1 Å². The van der Waals surface area contributed by atoms with E-state index in [1.165, 1.54) is 16.6 Å². The molecule has 216 valence electrons. The summed E-state index contributed by atoms with van der Waals surface area (Å²) < 4.78 is 50.9. The van der Waals surface area contributed by atoms with Crippen LogP contribution in [0, 0.1) is 11.8 Å². The van der Waals surface area contributed by atoms with E-state index in [-0.39, 0.29) is 49.1 Å². The van der Waals surface area contributed by atoms with Crippen molar-refractivity contribution in [2.75, 3.05) is 26.3 Å². The third kappa shape index (κ3) is 6.50. The summed E-state index contributed by atoms with van der Waals surface area (Å²) >= 11 is 0. The fraction of sp³-hybridized carbons (Fsp3) is 0.483. The lowest BCUT2D eigenvalue weighted by atomic mass is 10.0. The molecule has 0 saturated carbocycles. The van der Waals surface area contributed by atoms with E-state index in [4.69, 9.17) is 18.6 Å². The second-order valence-corrected chi connectivity index (χ2v) is 12.8. The molecule has 0 radical (unpaired) electrons. The summed E-state index contributed by atoms with van der Waals surface area (Å²) in [5, 5.41) is 14.9. The number of nitrogens with one attached hydrogen (secondary N) is 1. The largest absolute Gasteiger partial charge is 0.464 e. The first-order valence-electron chi connectivity index (χ1n) is 13.6. The van der Waals surface area contributed by atoms with Crippen LogP contribution >= 0.6 is 0 Å². The van der Waals surface area contributed by atoms with Crippen molar-refractivity contribution in [3.8, 4) is 0 Å². The molecular weight excluding hydrogens is 536 g/mol. The molecule has 2 aromatic carbocycles. The van der Waals surface area contributed by atoms with Gasteiger partial charge in [-0.1, -0.05) is 44.2 Å². The predicted molar refractivity (Wildman–Crippen MR) is 147 cm³/mol. The molecule has 1 aromatic heterocycles. The average Bonchev–Trinajstić information content (AvgIpc) is 3.66. The van der Waals surface area contributed by atoms with Crippen LogP contribution < -0.4 is 5.32 Å². The van der Waals surface area contributed by atoms with Crippen LogP contribution in [0.2, 0.25) is 0 Å². The quantitative estimate of drug-likeness (QED) is 0.357. The molecular formula is C29H36N2O8S. The summed E-state index contributed by atoms with van der Waals surface area (Å²) in [4.78, 5) is 13.1. The molecule has 0 spiro atoms. The van der Waals surface area contributed by atoms with Crippen LogP contribution in [-0.4, -0.2) is 74.8 Å². The number of carbonyl (C=O) groups is 1. The summed E-state index contributed by atoms with van der Waals surface area (Å²) in [6, 6.07) is 15.0. The molecule has 11 heteroatoms. The summed E-state index contributed by atoms with van der Waals surface area (Å²) in [5.41, 5.74) is 1.46. The zero-order valence-electron chi connectivity index (χ0n) is 22.6. The van der Waals surface area contributed by atoms with E-state index < -0.39 is 34.4 Å². The van der Waals surface area contributed by atoms with Gasteiger partial charge in [-0.3, -0.25) is 0 Å². The van der Waals surface area contributed by atoms with Crippen LogP contribution in [0.5, 0.6) is 0 Å². The number of rotatable bonds is 11. The van der Waals surface area contributed by atoms with Gasteiger partial charge < -0.3 is 29.1 Å². The molecule has 2 N–H and O–H groups in total. The Kier molecular flexibility index (Phi) is 8.77. The summed E-state index contributed by atoms with van der Waals surface area (Å²) in [7, 11) is -3.97. The number of hydrogen-bond donors (Lipinski definition) is 2. The van der Waals surface area contributed by atoms with E-state index in [2.05, 4.69) is 5.32 Å². The van der Waals surface area contributed by atoms with E-state index in [1.807, 2.05) is 44.2 Å². The number of amides is 1. The highest BCUT2D eigenvalue weighted by molar-refractivity contribution is 7.89. The normalized spacial score (nSPS) is 22.5. The van der Waals surface area contributed by atoms with Gasteiger partial charge in [-0.2, -0.15) is 4.31 Å². The number of furan rings is 1. The molecule has 2 aliphatic heterocycles. The van der Waals surface area contributed by atoms with E-state index in [1.54, 1.807) is 18.2 Å². The topological polar surface area (TPSA) is 128 Å². The second-order valence-electron chi connectivity index (χ2n) is 10.8. The third-order valence-corrected chi connectivity index (χ3v) is 9.16. The van der Waals surface area contributed by atoms with Crippen LogP contribution in [-0.2, 0) is 30.7 Å². The molecule has 5 atom stereocenters. The molecule has 0 bridgehead atoms. The lowest BCUT2D eigenvalue weighted by Crippen LogP contribution is -2.51. The molecule has 40 heavy (non-hydrogen) atoms. The minimum absolute atomic E-state index is 0.00549. The van der Waals surface area contributed by atoms with Gasteiger partial charge in [-0.05, 0) is 48.6 Å². The Bertz CT molecular complexity index is 1390. The maximum atomic E-state index is 13.8. The molecule has 2 aliphatic rings. The number of alkyl carbamates (subject to hydrolysis) is 1. The maximum Gasteiger partial charge on any atom is 0.407 e. The van der Waals surface area contributed by atoms with Crippen molar-refractivity contribution in [3.63, 3.8) is 0 Å². The van der Waals surface area contributed by atoms with Crippen molar-refractivity contribution in [3.05, 3.63) is 66.4 Å². The molecule has 1 amide bonds. The molecule has 2 fully saturated rings. The molecule has 0 unspecified atom stereocenters. The van der Waals surface area contributed by atoms with E-state index in [9.17, 15) is 18.3 Å². The number of nitrogens with zero attached hydrogens (tertiary/aromatic N) is 1. The summed E-state index contributed by atoms with van der Waals surface area (Å²) in [5.74, 6) is -0.0310. The van der Waals surface area contributed by atoms with Gasteiger partial charge in [0, 0.05) is 18.5 Å². The predicted octanol–water partition coefficient (Wildman–Crippen LogP) is 3.54. The highest BCUT2D eigenvalue weighted by Gasteiger charge is 2.44. The zero-order valence-corrected chi connectivity index (χ0v) is 23.5. The number of fused-ring (bicyclic) bond motifs is 2. The van der Waals surface area contributed by atoms with Crippen molar-refractivity contribution in [2.24, 2.45) is 11.8 Å². The minimum atomic E-state index is -3.97. The molecule has 0 aliphatic carbocycles. The first kappa shape index (κ1) is 28.6. The molecule has 10 nitrogen and oxygen atoms in total. The monoisotopic (exact) mass is 572 g/mol. The molecule has 2 saturated heterocycles. The Morgan fingerprint density at radius 2 is 1.93 bits per heavy atom. The van der Waals surface area contributed by atoms with Crippen LogP contribution in [0.25, 0.3) is 11.0 Å². The van der Waals surface area contributed by atoms with E-state index >= 15 is 0 Å². The van der Waals surface area contributed by atoms with Crippen molar-refractivity contribution < 1.29 is 36.9 Å². The Labute approximate surface area is 234 Å². The fourth-order valence-corrected chi connectivity index (χ4v) is 6.95. The maximum absolute atomic E-state index is 13.8. The van der Waals surface area contributed by atoms with Gasteiger partial charge in [0.05, 0.1) is 42.4 Å². The van der Waals surface area contributed by atoms with Crippen LogP contribution in [0.3, 0.4) is 0 Å². The number of hydrogen-bond acceptors (Lipinski definition) is 8. The number of carbonyl (C=O) groups excluding carboxylic acids is 1. The minimum Gasteiger partial charge on any atom is -0.464 e. The van der Waals surface area contributed by atoms with Gasteiger partial charge in [0.1, 0.15) is 11.7 Å². The van der Waals surface area contributed by atoms with E-state index in [0.717, 1.165) is 12.0 Å². The van der Waals surface area contributed by atoms with Gasteiger partial charge in [-0.15, -0.1) is 0 Å². The lowest BCUT2D eigenvalue weighted by Gasteiger charge is -2.31. The second kappa shape index (κ2) is 12.3. The van der Waals surface area contributed by atoms with Gasteiger partial charge in [0.15, 0.2) is 6.29 Å². The van der Waals surface area contributed by atoms with Crippen molar-refractivity contribution in [1.82, 2.24) is 9.62 Å². The standard InChI is InChI=1S/C29H36N2O8S/c1-19(2)16-31(40(34,35)22-8-9-26-21(15-22)10-12-36-26)17-25(32)24(14-20-6-4-3-5-7-20)30-29(33)39-27-18-38-28-23(27)11-13-37-28/h3-10,12,15,19,23-25,27-28,32H,11,13-14,16-18H2,1-2H3,(H,30,33)/t23-,24-,25+,27-,28+/m0/s1. The number of aliphatic hydroxyl groups excluding tert-OH is 1. The van der Waals surface area contributed by atoms with Crippen molar-refractivity contribution in [1.29, 1.82) is 0 Å². The SMILES string of the molecule is CC(C)CN(C[C@@H](O)[C@H](Cc1ccccc1)NC(=O)O[C@H]1CO[C@H]2OCC[C@H]21)S(=O)(=O)c1ccc2occc2c1. The molecule has 5 rings (SSSR count). The lowest BCUT2D eigenvalue weighted by molar-refractivity contribution is -0.0907. The summed E-state index contributed by atoms with van der Waals surface area (Å²) in [6.45, 7) is 4.60. The van der Waals surface area contributed by atoms with Gasteiger partial charge in [-0.25, -0.2) is 13.2 Å². The first-order valence-corrected chi connectivity index (χ1v) is 15.0. The Hall–Kier alpha value is -2.96. The van der Waals surface area contributed by atoms with Crippen LogP contribution in [0.4, 0.5) is 4.79 Å². The van der Waals surface area contributed by atoms with Crippen molar-refractivity contribution in [2.45, 2.75) is 56.1 Å². The molecule has 3 heterocycles. The number of ether oxygens (including phenoxy) is 3. The first-order chi connectivity index (χ1) is 19.2. The van der Waals surface area contributed by atoms with E-state index in [0.29, 0.717) is 17.6 Å². The Balaban J connectivity index is 1.34. The van der Waals surface area contributed by atoms with Gasteiger partial charge >= 0.3 is 6.09 Å². The van der Waals surface area contributed by atoms with Crippen LogP contribution in [0.15, 0.2) is 70.2 Å². The Morgan fingerprint density at radius 1 is 1.12 bits per heavy atom. The highest BCUT2D eigenvalue weighted by Crippen LogP contribution is 2.33. The smallest absolute Gasteiger partial charge is 0.407 e. The van der Waals surface area contributed by atoms with Gasteiger partial charge in [0.25, 0.3) is 0 Å². The highest BCUT2D eigenvalue weighted by atomic mass is 32.2. The number of aliphatic hydroxyl groups is 1. The number of sulfonamides is 1. The summed E-state index contributed by atoms with van der Waals surface area (Å²) in [6.07, 6.45) is -0.189. The fourth-order valence-electron chi connectivity index (χ4n) is 5.29. The Morgan fingerprint density at radius 3 is 2.70 bits per heavy atom. The van der Waals surface area contributed by atoms with Crippen LogP contribution in [0.1, 0.15) is 25.8 Å². The molecule has 3 aromatic rings. The third-order valence-electron chi connectivity index (χ3n) is 7.33.